The van der Waals surface area contributed by atoms with Crippen molar-refractivity contribution in [2.45, 2.75) is 19.5 Å². The second kappa shape index (κ2) is 3.37. The number of rotatable bonds is 2. The van der Waals surface area contributed by atoms with Crippen molar-refractivity contribution in [1.82, 2.24) is 9.97 Å². The van der Waals surface area contributed by atoms with Crippen LogP contribution in [0.15, 0.2) is 6.20 Å². The van der Waals surface area contributed by atoms with Crippen LogP contribution in [0.4, 0.5) is 14.6 Å². The fourth-order valence-corrected chi connectivity index (χ4v) is 1.57. The van der Waals surface area contributed by atoms with Crippen molar-refractivity contribution < 1.29 is 13.9 Å². The molecule has 0 saturated carbocycles. The van der Waals surface area contributed by atoms with Crippen LogP contribution in [0.3, 0.4) is 0 Å². The van der Waals surface area contributed by atoms with E-state index in [1.54, 1.807) is 6.92 Å². The summed E-state index contributed by atoms with van der Waals surface area (Å²) in [7, 11) is 0. The van der Waals surface area contributed by atoms with Gasteiger partial charge in [-0.05, 0) is 6.92 Å². The van der Waals surface area contributed by atoms with Gasteiger partial charge in [-0.25, -0.2) is 13.8 Å². The molecule has 1 aliphatic heterocycles. The Morgan fingerprint density at radius 3 is 2.67 bits per heavy atom. The van der Waals surface area contributed by atoms with E-state index in [1.807, 2.05) is 0 Å². The van der Waals surface area contributed by atoms with Crippen molar-refractivity contribution in [3.05, 3.63) is 17.6 Å². The molecule has 0 atom stereocenters. The first-order valence-electron chi connectivity index (χ1n) is 4.58. The van der Waals surface area contributed by atoms with Crippen LogP contribution in [-0.4, -0.2) is 34.1 Å². The van der Waals surface area contributed by atoms with E-state index in [4.69, 9.17) is 5.11 Å². The molecule has 2 rings (SSSR count). The van der Waals surface area contributed by atoms with Crippen molar-refractivity contribution in [1.29, 1.82) is 0 Å². The van der Waals surface area contributed by atoms with Gasteiger partial charge in [-0.3, -0.25) is 4.98 Å². The maximum absolute atomic E-state index is 12.6. The molecule has 0 amide bonds. The van der Waals surface area contributed by atoms with Gasteiger partial charge < -0.3 is 10.0 Å². The number of aryl methyl sites for hydroxylation is 1. The molecule has 0 unspecified atom stereocenters. The molecule has 1 saturated heterocycles. The number of nitrogens with zero attached hydrogens (tertiary/aromatic N) is 3. The number of hydrogen-bond acceptors (Lipinski definition) is 4. The van der Waals surface area contributed by atoms with Crippen molar-refractivity contribution in [2.24, 2.45) is 0 Å². The van der Waals surface area contributed by atoms with Gasteiger partial charge in [0.25, 0.3) is 5.92 Å². The van der Waals surface area contributed by atoms with E-state index in [2.05, 4.69) is 9.97 Å². The summed E-state index contributed by atoms with van der Waals surface area (Å²) in [6.07, 6.45) is 1.40. The lowest BCUT2D eigenvalue weighted by Crippen LogP contribution is -2.57. The first-order valence-corrected chi connectivity index (χ1v) is 4.58. The summed E-state index contributed by atoms with van der Waals surface area (Å²) >= 11 is 0. The molecule has 0 spiro atoms. The number of anilines is 1. The Morgan fingerprint density at radius 2 is 2.20 bits per heavy atom. The van der Waals surface area contributed by atoms with Crippen LogP contribution in [0.5, 0.6) is 0 Å². The van der Waals surface area contributed by atoms with Crippen molar-refractivity contribution in [3.63, 3.8) is 0 Å². The fraction of sp³-hybridized carbons (Fsp3) is 0.556. The first kappa shape index (κ1) is 10.2. The summed E-state index contributed by atoms with van der Waals surface area (Å²) in [5.74, 6) is -2.14. The Kier molecular flexibility index (Phi) is 2.30. The highest BCUT2D eigenvalue weighted by Crippen LogP contribution is 2.31. The summed E-state index contributed by atoms with van der Waals surface area (Å²) in [5.41, 5.74) is 1.01. The number of aliphatic hydroxyl groups excluding tert-OH is 1. The second-order valence-corrected chi connectivity index (χ2v) is 3.64. The minimum Gasteiger partial charge on any atom is -0.390 e. The third kappa shape index (κ3) is 1.90. The summed E-state index contributed by atoms with van der Waals surface area (Å²) in [5, 5.41) is 8.81. The van der Waals surface area contributed by atoms with Gasteiger partial charge in [-0.1, -0.05) is 0 Å². The Balaban J connectivity index is 2.17. The zero-order valence-corrected chi connectivity index (χ0v) is 8.24. The van der Waals surface area contributed by atoms with Gasteiger partial charge in [0.05, 0.1) is 37.3 Å². The summed E-state index contributed by atoms with van der Waals surface area (Å²) in [6.45, 7) is 0.893. The van der Waals surface area contributed by atoms with Crippen LogP contribution < -0.4 is 4.90 Å². The highest BCUT2D eigenvalue weighted by atomic mass is 19.3. The fourth-order valence-electron chi connectivity index (χ4n) is 1.57. The van der Waals surface area contributed by atoms with Crippen LogP contribution >= 0.6 is 0 Å². The van der Waals surface area contributed by atoms with E-state index in [0.717, 1.165) is 0 Å². The summed E-state index contributed by atoms with van der Waals surface area (Å²) < 4.78 is 25.2. The number of aliphatic hydroxyl groups is 1. The van der Waals surface area contributed by atoms with Crippen LogP contribution in [0.2, 0.25) is 0 Å². The zero-order chi connectivity index (χ0) is 11.1. The highest BCUT2D eigenvalue weighted by molar-refractivity contribution is 5.46. The van der Waals surface area contributed by atoms with E-state index in [-0.39, 0.29) is 19.7 Å². The van der Waals surface area contributed by atoms with Crippen LogP contribution in [0.1, 0.15) is 11.4 Å². The number of hydrogen-bond donors (Lipinski definition) is 1. The normalized spacial score (nSPS) is 18.8. The van der Waals surface area contributed by atoms with Crippen LogP contribution in [0, 0.1) is 6.92 Å². The average Bonchev–Trinajstić information content (AvgIpc) is 2.14. The average molecular weight is 215 g/mol. The molecule has 6 heteroatoms. The highest BCUT2D eigenvalue weighted by Gasteiger charge is 2.45. The van der Waals surface area contributed by atoms with Crippen molar-refractivity contribution >= 4 is 5.82 Å². The Bertz CT molecular complexity index is 376. The molecule has 0 radical (unpaired) electrons. The molecule has 4 nitrogen and oxygen atoms in total. The maximum Gasteiger partial charge on any atom is 0.282 e. The van der Waals surface area contributed by atoms with Crippen molar-refractivity contribution in [3.8, 4) is 0 Å². The molecule has 0 aliphatic carbocycles. The van der Waals surface area contributed by atoms with Gasteiger partial charge in [-0.15, -0.1) is 0 Å². The molecular formula is C9H11F2N3O. The summed E-state index contributed by atoms with van der Waals surface area (Å²) in [6, 6.07) is 0. The van der Waals surface area contributed by atoms with E-state index in [0.29, 0.717) is 17.2 Å². The molecule has 1 aromatic heterocycles. The lowest BCUT2D eigenvalue weighted by Gasteiger charge is -2.39. The monoisotopic (exact) mass is 215 g/mol. The standard InChI is InChI=1S/C9H11F2N3O/c1-6-8(12-2-7(3-15)13-6)14-4-9(10,11)5-14/h2,15H,3-5H2,1H3. The molecule has 1 N–H and O–H groups in total. The zero-order valence-electron chi connectivity index (χ0n) is 8.24. The van der Waals surface area contributed by atoms with Gasteiger partial charge in [0, 0.05) is 0 Å². The quantitative estimate of drug-likeness (QED) is 0.790. The molecular weight excluding hydrogens is 204 g/mol. The minimum atomic E-state index is -2.61. The van der Waals surface area contributed by atoms with Gasteiger partial charge in [0.15, 0.2) is 0 Å². The van der Waals surface area contributed by atoms with Gasteiger partial charge in [0.2, 0.25) is 0 Å². The largest absolute Gasteiger partial charge is 0.390 e. The van der Waals surface area contributed by atoms with Gasteiger partial charge in [-0.2, -0.15) is 0 Å². The van der Waals surface area contributed by atoms with Gasteiger partial charge >= 0.3 is 0 Å². The Morgan fingerprint density at radius 1 is 1.53 bits per heavy atom. The number of halogens is 2. The number of aromatic nitrogens is 2. The predicted octanol–water partition coefficient (Wildman–Crippen LogP) is 0.733. The topological polar surface area (TPSA) is 49.3 Å². The van der Waals surface area contributed by atoms with Gasteiger partial charge in [0.1, 0.15) is 5.82 Å². The maximum atomic E-state index is 12.6. The number of alkyl halides is 2. The van der Waals surface area contributed by atoms with E-state index >= 15 is 0 Å². The molecule has 0 bridgehead atoms. The van der Waals surface area contributed by atoms with Crippen molar-refractivity contribution in [2.75, 3.05) is 18.0 Å². The minimum absolute atomic E-state index is 0.190. The molecule has 82 valence electrons. The molecule has 1 fully saturated rings. The van der Waals surface area contributed by atoms with E-state index in [1.165, 1.54) is 11.1 Å². The lowest BCUT2D eigenvalue weighted by atomic mass is 10.1. The van der Waals surface area contributed by atoms with Crippen LogP contribution in [0.25, 0.3) is 0 Å². The second-order valence-electron chi connectivity index (χ2n) is 3.64. The molecule has 1 aromatic rings. The Hall–Kier alpha value is -1.30. The molecule has 1 aliphatic rings. The SMILES string of the molecule is Cc1nc(CO)cnc1N1CC(F)(F)C1. The molecule has 15 heavy (non-hydrogen) atoms. The lowest BCUT2D eigenvalue weighted by molar-refractivity contribution is -0.0268. The predicted molar refractivity (Wildman–Crippen MR) is 49.9 cm³/mol. The summed E-state index contributed by atoms with van der Waals surface area (Å²) in [4.78, 5) is 9.53. The first-order chi connectivity index (χ1) is 7.02. The van der Waals surface area contributed by atoms with E-state index < -0.39 is 5.92 Å². The third-order valence-corrected chi connectivity index (χ3v) is 2.28. The smallest absolute Gasteiger partial charge is 0.282 e. The third-order valence-electron chi connectivity index (χ3n) is 2.28. The molecule has 0 aromatic carbocycles. The van der Waals surface area contributed by atoms with Crippen LogP contribution in [-0.2, 0) is 6.61 Å². The molecule has 2 heterocycles. The van der Waals surface area contributed by atoms with E-state index in [9.17, 15) is 8.78 Å². The Labute approximate surface area is 85.6 Å².